The number of hydrogen-bond donors (Lipinski definition) is 2. The Balaban J connectivity index is 2.13. The maximum atomic E-state index is 11.2. The molecule has 0 unspecified atom stereocenters. The first-order valence-corrected chi connectivity index (χ1v) is 6.52. The molecule has 6 heteroatoms. The third-order valence-corrected chi connectivity index (χ3v) is 2.79. The van der Waals surface area contributed by atoms with E-state index in [-0.39, 0.29) is 18.7 Å². The molecule has 0 heterocycles. The van der Waals surface area contributed by atoms with E-state index in [0.29, 0.717) is 13.2 Å². The molecule has 98 valence electrons. The Morgan fingerprint density at radius 2 is 1.89 bits per heavy atom. The van der Waals surface area contributed by atoms with Crippen molar-refractivity contribution in [2.75, 3.05) is 13.2 Å². The molecule has 0 bridgehead atoms. The Morgan fingerprint density at radius 1 is 1.22 bits per heavy atom. The van der Waals surface area contributed by atoms with Crippen LogP contribution in [0.1, 0.15) is 12.8 Å². The number of carbonyl (C=O) groups excluding carboxylic acids is 1. The van der Waals surface area contributed by atoms with Gasteiger partial charge in [-0.15, -0.1) is 0 Å². The highest BCUT2D eigenvalue weighted by Gasteiger charge is 2.04. The zero-order valence-electron chi connectivity index (χ0n) is 9.69. The number of aliphatic carboxylic acids is 1. The Labute approximate surface area is 119 Å². The largest absolute Gasteiger partial charge is 0.492 e. The monoisotopic (exact) mass is 363 g/mol. The Hall–Kier alpha value is -1.31. The molecule has 5 nitrogen and oxygen atoms in total. The normalized spacial score (nSPS) is 9.83. The summed E-state index contributed by atoms with van der Waals surface area (Å²) in [7, 11) is 0. The average molecular weight is 363 g/mol. The van der Waals surface area contributed by atoms with Crippen molar-refractivity contribution >= 4 is 34.5 Å². The molecule has 1 amide bonds. The maximum Gasteiger partial charge on any atom is 0.303 e. The lowest BCUT2D eigenvalue weighted by Gasteiger charge is -2.07. The molecule has 18 heavy (non-hydrogen) atoms. The lowest BCUT2D eigenvalue weighted by Crippen LogP contribution is -2.28. The fourth-order valence-electron chi connectivity index (χ4n) is 1.20. The standard InChI is InChI=1S/C12H14INO4/c13-9-1-3-10(4-2-9)18-8-7-14-11(15)5-6-12(16)17/h1-4H,5-8H2,(H,14,15)(H,16,17). The first kappa shape index (κ1) is 14.7. The molecule has 1 rings (SSSR count). The van der Waals surface area contributed by atoms with E-state index in [1.54, 1.807) is 0 Å². The molecule has 0 saturated carbocycles. The van der Waals surface area contributed by atoms with Crippen LogP contribution in [0.5, 0.6) is 5.75 Å². The topological polar surface area (TPSA) is 75.6 Å². The van der Waals surface area contributed by atoms with Crippen molar-refractivity contribution in [2.24, 2.45) is 0 Å². The van der Waals surface area contributed by atoms with Crippen LogP contribution in [0.25, 0.3) is 0 Å². The molecule has 0 radical (unpaired) electrons. The van der Waals surface area contributed by atoms with E-state index in [1.165, 1.54) is 0 Å². The lowest BCUT2D eigenvalue weighted by molar-refractivity contribution is -0.138. The van der Waals surface area contributed by atoms with Gasteiger partial charge in [0.2, 0.25) is 5.91 Å². The Morgan fingerprint density at radius 3 is 2.50 bits per heavy atom. The van der Waals surface area contributed by atoms with Crippen molar-refractivity contribution in [1.29, 1.82) is 0 Å². The molecule has 2 N–H and O–H groups in total. The number of hydrogen-bond acceptors (Lipinski definition) is 3. The lowest BCUT2D eigenvalue weighted by atomic mass is 10.3. The predicted molar refractivity (Wildman–Crippen MR) is 74.5 cm³/mol. The summed E-state index contributed by atoms with van der Waals surface area (Å²) in [5.41, 5.74) is 0. The number of rotatable bonds is 7. The van der Waals surface area contributed by atoms with E-state index in [9.17, 15) is 9.59 Å². The summed E-state index contributed by atoms with van der Waals surface area (Å²) in [6, 6.07) is 7.57. The fourth-order valence-corrected chi connectivity index (χ4v) is 1.56. The maximum absolute atomic E-state index is 11.2. The van der Waals surface area contributed by atoms with E-state index < -0.39 is 5.97 Å². The molecule has 0 fully saturated rings. The van der Waals surface area contributed by atoms with Crippen molar-refractivity contribution < 1.29 is 19.4 Å². The second kappa shape index (κ2) is 7.91. The molecule has 0 saturated heterocycles. The molecule has 1 aromatic carbocycles. The molecule has 0 aliphatic heterocycles. The van der Waals surface area contributed by atoms with Gasteiger partial charge in [0, 0.05) is 9.99 Å². The van der Waals surface area contributed by atoms with Crippen LogP contribution < -0.4 is 10.1 Å². The number of benzene rings is 1. The second-order valence-electron chi connectivity index (χ2n) is 3.55. The predicted octanol–water partition coefficient (Wildman–Crippen LogP) is 1.65. The Bertz CT molecular complexity index is 405. The summed E-state index contributed by atoms with van der Waals surface area (Å²) >= 11 is 2.20. The van der Waals surface area contributed by atoms with Crippen LogP contribution in [-0.4, -0.2) is 30.1 Å². The van der Waals surface area contributed by atoms with Crippen LogP contribution >= 0.6 is 22.6 Å². The van der Waals surface area contributed by atoms with Gasteiger partial charge in [-0.2, -0.15) is 0 Å². The Kier molecular flexibility index (Phi) is 6.48. The number of amides is 1. The zero-order chi connectivity index (χ0) is 13.4. The van der Waals surface area contributed by atoms with Gasteiger partial charge in [0.15, 0.2) is 0 Å². The molecule has 0 aromatic heterocycles. The molecular formula is C12H14INO4. The van der Waals surface area contributed by atoms with Crippen molar-refractivity contribution in [3.05, 3.63) is 27.8 Å². The minimum absolute atomic E-state index is 0.00113. The quantitative estimate of drug-likeness (QED) is 0.571. The van der Waals surface area contributed by atoms with Crippen molar-refractivity contribution in [2.45, 2.75) is 12.8 Å². The summed E-state index contributed by atoms with van der Waals surface area (Å²) in [6.07, 6.45) is -0.150. The minimum Gasteiger partial charge on any atom is -0.492 e. The first-order valence-electron chi connectivity index (χ1n) is 5.45. The molecule has 0 aliphatic rings. The van der Waals surface area contributed by atoms with Crippen LogP contribution in [0.3, 0.4) is 0 Å². The second-order valence-corrected chi connectivity index (χ2v) is 4.79. The minimum atomic E-state index is -0.972. The van der Waals surface area contributed by atoms with E-state index in [0.717, 1.165) is 9.32 Å². The summed E-state index contributed by atoms with van der Waals surface area (Å²) in [4.78, 5) is 21.4. The summed E-state index contributed by atoms with van der Waals surface area (Å²) in [5.74, 6) is -0.501. The van der Waals surface area contributed by atoms with Gasteiger partial charge in [0.25, 0.3) is 0 Å². The van der Waals surface area contributed by atoms with Crippen LogP contribution in [0.2, 0.25) is 0 Å². The number of carboxylic acid groups (broad SMARTS) is 1. The van der Waals surface area contributed by atoms with Gasteiger partial charge in [-0.3, -0.25) is 9.59 Å². The van der Waals surface area contributed by atoms with Gasteiger partial charge in [-0.25, -0.2) is 0 Å². The van der Waals surface area contributed by atoms with Crippen LogP contribution in [0, 0.1) is 3.57 Å². The molecule has 0 aliphatic carbocycles. The summed E-state index contributed by atoms with van der Waals surface area (Å²) in [5, 5.41) is 11.0. The highest BCUT2D eigenvalue weighted by molar-refractivity contribution is 14.1. The van der Waals surface area contributed by atoms with E-state index in [2.05, 4.69) is 27.9 Å². The van der Waals surface area contributed by atoms with Gasteiger partial charge < -0.3 is 15.2 Å². The number of carbonyl (C=O) groups is 2. The first-order chi connectivity index (χ1) is 8.58. The van der Waals surface area contributed by atoms with E-state index >= 15 is 0 Å². The SMILES string of the molecule is O=C(O)CCC(=O)NCCOc1ccc(I)cc1. The number of ether oxygens (including phenoxy) is 1. The molecule has 0 spiro atoms. The summed E-state index contributed by atoms with van der Waals surface area (Å²) in [6.45, 7) is 0.726. The van der Waals surface area contributed by atoms with Gasteiger partial charge in [-0.1, -0.05) is 0 Å². The third-order valence-electron chi connectivity index (χ3n) is 2.07. The summed E-state index contributed by atoms with van der Waals surface area (Å²) < 4.78 is 6.53. The smallest absolute Gasteiger partial charge is 0.303 e. The van der Waals surface area contributed by atoms with Gasteiger partial charge in [0.1, 0.15) is 12.4 Å². The van der Waals surface area contributed by atoms with Crippen molar-refractivity contribution in [1.82, 2.24) is 5.32 Å². The zero-order valence-corrected chi connectivity index (χ0v) is 11.8. The van der Waals surface area contributed by atoms with Crippen LogP contribution in [0.15, 0.2) is 24.3 Å². The van der Waals surface area contributed by atoms with Crippen LogP contribution in [0.4, 0.5) is 0 Å². The average Bonchev–Trinajstić information content (AvgIpc) is 2.34. The van der Waals surface area contributed by atoms with Crippen LogP contribution in [-0.2, 0) is 9.59 Å². The van der Waals surface area contributed by atoms with Crippen molar-refractivity contribution in [3.8, 4) is 5.75 Å². The molecular weight excluding hydrogens is 349 g/mol. The molecule has 1 aromatic rings. The van der Waals surface area contributed by atoms with E-state index in [4.69, 9.17) is 9.84 Å². The van der Waals surface area contributed by atoms with Gasteiger partial charge >= 0.3 is 5.97 Å². The van der Waals surface area contributed by atoms with Gasteiger partial charge in [-0.05, 0) is 46.9 Å². The molecule has 0 atom stereocenters. The number of nitrogens with one attached hydrogen (secondary N) is 1. The van der Waals surface area contributed by atoms with Gasteiger partial charge in [0.05, 0.1) is 13.0 Å². The third kappa shape index (κ3) is 6.43. The number of carboxylic acids is 1. The highest BCUT2D eigenvalue weighted by Crippen LogP contribution is 2.12. The van der Waals surface area contributed by atoms with E-state index in [1.807, 2.05) is 24.3 Å². The highest BCUT2D eigenvalue weighted by atomic mass is 127. The number of halogens is 1. The van der Waals surface area contributed by atoms with Crippen molar-refractivity contribution in [3.63, 3.8) is 0 Å². The fraction of sp³-hybridized carbons (Fsp3) is 0.333.